The third kappa shape index (κ3) is 5.50. The molecule has 1 aliphatic rings. The molecule has 0 saturated carbocycles. The summed E-state index contributed by atoms with van der Waals surface area (Å²) in [5, 5.41) is 6.35. The fraction of sp³-hybridized carbons (Fsp3) is 0.923. The Bertz CT molecular complexity index is 225. The first-order valence-electron chi connectivity index (χ1n) is 6.85. The summed E-state index contributed by atoms with van der Waals surface area (Å²) in [5.74, 6) is 0.686. The van der Waals surface area contributed by atoms with Crippen LogP contribution in [0.4, 0.5) is 0 Å². The molecule has 1 aliphatic heterocycles. The fourth-order valence-corrected chi connectivity index (χ4v) is 2.19. The summed E-state index contributed by atoms with van der Waals surface area (Å²) < 4.78 is 0. The first kappa shape index (κ1) is 14.5. The second kappa shape index (κ2) is 7.67. The van der Waals surface area contributed by atoms with Gasteiger partial charge in [-0.3, -0.25) is 9.69 Å². The standard InChI is InChI=1S/C13H27N3O/c1-4-7-16(12-5-6-14-9-12)10-13(17)15-8-11(2)3/h11-12,14H,4-10H2,1-3H3,(H,15,17). The number of carbonyl (C=O) groups is 1. The minimum Gasteiger partial charge on any atom is -0.355 e. The Morgan fingerprint density at radius 1 is 1.53 bits per heavy atom. The highest BCUT2D eigenvalue weighted by Gasteiger charge is 2.23. The normalized spacial score (nSPS) is 20.2. The topological polar surface area (TPSA) is 44.4 Å². The molecule has 0 aromatic rings. The van der Waals surface area contributed by atoms with Crippen molar-refractivity contribution in [3.05, 3.63) is 0 Å². The Kier molecular flexibility index (Phi) is 6.52. The third-order valence-corrected chi connectivity index (χ3v) is 3.12. The smallest absolute Gasteiger partial charge is 0.234 e. The Labute approximate surface area is 105 Å². The summed E-state index contributed by atoms with van der Waals surface area (Å²) in [6.45, 7) is 10.9. The molecule has 0 aromatic carbocycles. The Hall–Kier alpha value is -0.610. The van der Waals surface area contributed by atoms with Crippen molar-refractivity contribution in [2.75, 3.05) is 32.7 Å². The van der Waals surface area contributed by atoms with Crippen LogP contribution in [0.2, 0.25) is 0 Å². The maximum absolute atomic E-state index is 11.8. The summed E-state index contributed by atoms with van der Waals surface area (Å²) >= 11 is 0. The number of hydrogen-bond acceptors (Lipinski definition) is 3. The van der Waals surface area contributed by atoms with Gasteiger partial charge in [-0.2, -0.15) is 0 Å². The molecule has 1 saturated heterocycles. The number of nitrogens with one attached hydrogen (secondary N) is 2. The first-order chi connectivity index (χ1) is 8.13. The molecule has 1 heterocycles. The van der Waals surface area contributed by atoms with Crippen LogP contribution in [0.25, 0.3) is 0 Å². The van der Waals surface area contributed by atoms with E-state index in [0.29, 0.717) is 18.5 Å². The van der Waals surface area contributed by atoms with Gasteiger partial charge in [0.15, 0.2) is 0 Å². The van der Waals surface area contributed by atoms with Crippen LogP contribution in [0.15, 0.2) is 0 Å². The van der Waals surface area contributed by atoms with E-state index in [2.05, 4.69) is 36.3 Å². The van der Waals surface area contributed by atoms with Crippen molar-refractivity contribution in [2.45, 2.75) is 39.7 Å². The van der Waals surface area contributed by atoms with Gasteiger partial charge < -0.3 is 10.6 Å². The predicted molar refractivity (Wildman–Crippen MR) is 71.0 cm³/mol. The van der Waals surface area contributed by atoms with Gasteiger partial charge in [-0.1, -0.05) is 20.8 Å². The maximum Gasteiger partial charge on any atom is 0.234 e. The second-order valence-corrected chi connectivity index (χ2v) is 5.32. The number of amides is 1. The predicted octanol–water partition coefficient (Wildman–Crippen LogP) is 0.833. The van der Waals surface area contributed by atoms with Gasteiger partial charge in [0.2, 0.25) is 5.91 Å². The van der Waals surface area contributed by atoms with Crippen LogP contribution in [0, 0.1) is 5.92 Å². The summed E-state index contributed by atoms with van der Waals surface area (Å²) in [4.78, 5) is 14.1. The molecule has 4 heteroatoms. The van der Waals surface area contributed by atoms with Crippen LogP contribution in [0.3, 0.4) is 0 Å². The lowest BCUT2D eigenvalue weighted by atomic mass is 10.2. The van der Waals surface area contributed by atoms with Gasteiger partial charge in [0.25, 0.3) is 0 Å². The van der Waals surface area contributed by atoms with E-state index < -0.39 is 0 Å². The fourth-order valence-electron chi connectivity index (χ4n) is 2.19. The van der Waals surface area contributed by atoms with Crippen molar-refractivity contribution in [1.82, 2.24) is 15.5 Å². The minimum absolute atomic E-state index is 0.166. The highest BCUT2D eigenvalue weighted by molar-refractivity contribution is 5.78. The minimum atomic E-state index is 0.166. The lowest BCUT2D eigenvalue weighted by Crippen LogP contribution is -2.44. The average molecular weight is 241 g/mol. The summed E-state index contributed by atoms with van der Waals surface area (Å²) in [6.07, 6.45) is 2.27. The van der Waals surface area contributed by atoms with E-state index in [-0.39, 0.29) is 5.91 Å². The number of rotatable bonds is 7. The quantitative estimate of drug-likeness (QED) is 0.694. The zero-order valence-electron chi connectivity index (χ0n) is 11.5. The van der Waals surface area contributed by atoms with E-state index in [9.17, 15) is 4.79 Å². The van der Waals surface area contributed by atoms with Gasteiger partial charge in [0.05, 0.1) is 6.54 Å². The molecule has 0 bridgehead atoms. The van der Waals surface area contributed by atoms with Gasteiger partial charge in [-0.15, -0.1) is 0 Å². The van der Waals surface area contributed by atoms with Crippen LogP contribution in [0.1, 0.15) is 33.6 Å². The van der Waals surface area contributed by atoms with Gasteiger partial charge in [-0.05, 0) is 31.8 Å². The van der Waals surface area contributed by atoms with Crippen LogP contribution >= 0.6 is 0 Å². The largest absolute Gasteiger partial charge is 0.355 e. The van der Waals surface area contributed by atoms with E-state index in [1.165, 1.54) is 0 Å². The summed E-state index contributed by atoms with van der Waals surface area (Å²) in [5.41, 5.74) is 0. The molecule has 0 aliphatic carbocycles. The molecule has 100 valence electrons. The van der Waals surface area contributed by atoms with Gasteiger partial charge in [-0.25, -0.2) is 0 Å². The van der Waals surface area contributed by atoms with E-state index in [1.807, 2.05) is 0 Å². The van der Waals surface area contributed by atoms with Crippen molar-refractivity contribution in [3.8, 4) is 0 Å². The number of hydrogen-bond donors (Lipinski definition) is 2. The van der Waals surface area contributed by atoms with E-state index in [0.717, 1.165) is 39.0 Å². The van der Waals surface area contributed by atoms with Crippen molar-refractivity contribution >= 4 is 5.91 Å². The lowest BCUT2D eigenvalue weighted by Gasteiger charge is -2.27. The Morgan fingerprint density at radius 2 is 2.29 bits per heavy atom. The van der Waals surface area contributed by atoms with E-state index >= 15 is 0 Å². The van der Waals surface area contributed by atoms with Gasteiger partial charge in [0.1, 0.15) is 0 Å². The monoisotopic (exact) mass is 241 g/mol. The Morgan fingerprint density at radius 3 is 2.82 bits per heavy atom. The van der Waals surface area contributed by atoms with Crippen LogP contribution < -0.4 is 10.6 Å². The Balaban J connectivity index is 2.34. The molecule has 0 aromatic heterocycles. The van der Waals surface area contributed by atoms with Crippen LogP contribution in [-0.4, -0.2) is 49.6 Å². The molecule has 1 atom stereocenters. The average Bonchev–Trinajstić information content (AvgIpc) is 2.79. The van der Waals surface area contributed by atoms with E-state index in [4.69, 9.17) is 0 Å². The molecule has 1 unspecified atom stereocenters. The lowest BCUT2D eigenvalue weighted by molar-refractivity contribution is -0.122. The molecule has 17 heavy (non-hydrogen) atoms. The number of nitrogens with zero attached hydrogens (tertiary/aromatic N) is 1. The summed E-state index contributed by atoms with van der Waals surface area (Å²) in [6, 6.07) is 0.541. The van der Waals surface area contributed by atoms with Crippen molar-refractivity contribution in [1.29, 1.82) is 0 Å². The molecular formula is C13H27N3O. The van der Waals surface area contributed by atoms with Gasteiger partial charge in [0, 0.05) is 19.1 Å². The zero-order valence-corrected chi connectivity index (χ0v) is 11.5. The summed E-state index contributed by atoms with van der Waals surface area (Å²) in [7, 11) is 0. The third-order valence-electron chi connectivity index (χ3n) is 3.12. The molecule has 0 radical (unpaired) electrons. The van der Waals surface area contributed by atoms with Crippen molar-refractivity contribution in [3.63, 3.8) is 0 Å². The first-order valence-corrected chi connectivity index (χ1v) is 6.85. The van der Waals surface area contributed by atoms with Gasteiger partial charge >= 0.3 is 0 Å². The van der Waals surface area contributed by atoms with Crippen LogP contribution in [0.5, 0.6) is 0 Å². The highest BCUT2D eigenvalue weighted by Crippen LogP contribution is 2.08. The van der Waals surface area contributed by atoms with Crippen molar-refractivity contribution < 1.29 is 4.79 Å². The van der Waals surface area contributed by atoms with Crippen LogP contribution in [-0.2, 0) is 4.79 Å². The zero-order chi connectivity index (χ0) is 12.7. The number of carbonyl (C=O) groups excluding carboxylic acids is 1. The second-order valence-electron chi connectivity index (χ2n) is 5.32. The molecule has 1 fully saturated rings. The van der Waals surface area contributed by atoms with Crippen molar-refractivity contribution in [2.24, 2.45) is 5.92 Å². The van der Waals surface area contributed by atoms with E-state index in [1.54, 1.807) is 0 Å². The molecular weight excluding hydrogens is 214 g/mol. The molecule has 1 rings (SSSR count). The molecule has 1 amide bonds. The highest BCUT2D eigenvalue weighted by atomic mass is 16.2. The molecule has 2 N–H and O–H groups in total. The maximum atomic E-state index is 11.8. The molecule has 0 spiro atoms. The SMILES string of the molecule is CCCN(CC(=O)NCC(C)C)C1CCNC1. The molecule has 4 nitrogen and oxygen atoms in total.